The number of carbonyl (C=O) groups is 2. The van der Waals surface area contributed by atoms with Gasteiger partial charge in [0.2, 0.25) is 0 Å². The summed E-state index contributed by atoms with van der Waals surface area (Å²) in [5, 5.41) is 17.0. The molecular formula is C36H64MnO4. The van der Waals surface area contributed by atoms with Crippen molar-refractivity contribution in [2.24, 2.45) is 0 Å². The van der Waals surface area contributed by atoms with Crippen LogP contribution in [-0.2, 0) is 26.7 Å². The van der Waals surface area contributed by atoms with Crippen molar-refractivity contribution in [1.29, 1.82) is 0 Å². The molecular weight excluding hydrogens is 551 g/mol. The van der Waals surface area contributed by atoms with Gasteiger partial charge in [-0.1, -0.05) is 127 Å². The van der Waals surface area contributed by atoms with E-state index in [1.165, 1.54) is 89.9 Å². The van der Waals surface area contributed by atoms with Crippen molar-refractivity contribution in [2.75, 3.05) is 0 Å². The van der Waals surface area contributed by atoms with Gasteiger partial charge < -0.3 is 10.2 Å². The van der Waals surface area contributed by atoms with E-state index in [1.807, 2.05) is 0 Å². The first-order valence-corrected chi connectivity index (χ1v) is 16.6. The van der Waals surface area contributed by atoms with Crippen LogP contribution in [0.1, 0.15) is 168 Å². The number of carboxylic acids is 2. The molecule has 0 amide bonds. The van der Waals surface area contributed by atoms with Crippen LogP contribution in [0.2, 0.25) is 0 Å². The van der Waals surface area contributed by atoms with Crippen LogP contribution in [0.3, 0.4) is 0 Å². The molecule has 0 heterocycles. The van der Waals surface area contributed by atoms with E-state index in [4.69, 9.17) is 10.2 Å². The molecule has 0 unspecified atom stereocenters. The van der Waals surface area contributed by atoms with E-state index >= 15 is 0 Å². The monoisotopic (exact) mass is 615 g/mol. The molecule has 0 aliphatic carbocycles. The van der Waals surface area contributed by atoms with Crippen LogP contribution in [0.4, 0.5) is 0 Å². The molecule has 0 aromatic rings. The fraction of sp³-hybridized carbons (Fsp3) is 0.722. The molecule has 41 heavy (non-hydrogen) atoms. The molecule has 1 radical (unpaired) electrons. The first-order valence-electron chi connectivity index (χ1n) is 16.6. The van der Waals surface area contributed by atoms with Crippen LogP contribution in [-0.4, -0.2) is 22.2 Å². The SMILES string of the molecule is CCCCC/C=C\C/C=C\CCCCCCCC(=O)O.CCCCC/C=C\C/C=C\CCCCCCCC(=O)O.[Mn]. The first-order chi connectivity index (χ1) is 19.5. The minimum atomic E-state index is -0.671. The van der Waals surface area contributed by atoms with E-state index < -0.39 is 11.9 Å². The van der Waals surface area contributed by atoms with E-state index in [0.29, 0.717) is 12.8 Å². The summed E-state index contributed by atoms with van der Waals surface area (Å²) in [5.74, 6) is -1.34. The Kier molecular flexibility index (Phi) is 43.4. The molecule has 239 valence electrons. The van der Waals surface area contributed by atoms with Crippen LogP contribution in [0.15, 0.2) is 48.6 Å². The molecule has 0 rings (SSSR count). The van der Waals surface area contributed by atoms with Crippen LogP contribution in [0, 0.1) is 0 Å². The second kappa shape index (κ2) is 40.6. The molecule has 0 aliphatic rings. The van der Waals surface area contributed by atoms with E-state index in [9.17, 15) is 9.59 Å². The van der Waals surface area contributed by atoms with Gasteiger partial charge in [-0.3, -0.25) is 9.59 Å². The second-order valence-electron chi connectivity index (χ2n) is 10.7. The minimum absolute atomic E-state index is 0. The number of hydrogen-bond acceptors (Lipinski definition) is 2. The molecule has 2 N–H and O–H groups in total. The fourth-order valence-corrected chi connectivity index (χ4v) is 4.18. The topological polar surface area (TPSA) is 74.6 Å². The van der Waals surface area contributed by atoms with Gasteiger partial charge in [-0.05, 0) is 77.0 Å². The largest absolute Gasteiger partial charge is 0.481 e. The van der Waals surface area contributed by atoms with E-state index in [1.54, 1.807) is 0 Å². The predicted molar refractivity (Wildman–Crippen MR) is 174 cm³/mol. The van der Waals surface area contributed by atoms with Crippen molar-refractivity contribution in [3.63, 3.8) is 0 Å². The zero-order valence-electron chi connectivity index (χ0n) is 26.7. The van der Waals surface area contributed by atoms with Crippen molar-refractivity contribution in [1.82, 2.24) is 0 Å². The molecule has 0 aliphatic heterocycles. The maximum absolute atomic E-state index is 10.3. The van der Waals surface area contributed by atoms with Gasteiger partial charge in [0.15, 0.2) is 0 Å². The van der Waals surface area contributed by atoms with E-state index in [-0.39, 0.29) is 17.1 Å². The smallest absolute Gasteiger partial charge is 0.303 e. The predicted octanol–water partition coefficient (Wildman–Crippen LogP) is 11.8. The first kappa shape index (κ1) is 43.9. The van der Waals surface area contributed by atoms with Gasteiger partial charge in [0, 0.05) is 29.9 Å². The summed E-state index contributed by atoms with van der Waals surface area (Å²) in [7, 11) is 0. The van der Waals surface area contributed by atoms with Crippen LogP contribution < -0.4 is 0 Å². The fourth-order valence-electron chi connectivity index (χ4n) is 4.18. The average molecular weight is 616 g/mol. The summed E-state index contributed by atoms with van der Waals surface area (Å²) in [6.07, 6.45) is 44.6. The molecule has 0 aromatic carbocycles. The van der Waals surface area contributed by atoms with E-state index in [0.717, 1.165) is 51.4 Å². The van der Waals surface area contributed by atoms with Gasteiger partial charge in [-0.2, -0.15) is 0 Å². The molecule has 0 fully saturated rings. The second-order valence-corrected chi connectivity index (χ2v) is 10.7. The zero-order chi connectivity index (χ0) is 29.8. The third-order valence-corrected chi connectivity index (χ3v) is 6.68. The normalized spacial score (nSPS) is 11.4. The Morgan fingerprint density at radius 1 is 0.415 bits per heavy atom. The Labute approximate surface area is 264 Å². The average Bonchev–Trinajstić information content (AvgIpc) is 2.93. The summed E-state index contributed by atoms with van der Waals surface area (Å²) < 4.78 is 0. The van der Waals surface area contributed by atoms with Gasteiger partial charge in [-0.25, -0.2) is 0 Å². The maximum Gasteiger partial charge on any atom is 0.303 e. The number of aliphatic carboxylic acids is 2. The van der Waals surface area contributed by atoms with Crippen molar-refractivity contribution < 1.29 is 36.9 Å². The Hall–Kier alpha value is -1.58. The molecule has 4 nitrogen and oxygen atoms in total. The van der Waals surface area contributed by atoms with Gasteiger partial charge in [0.25, 0.3) is 0 Å². The summed E-state index contributed by atoms with van der Waals surface area (Å²) in [6, 6.07) is 0. The molecule has 0 atom stereocenters. The molecule has 0 spiro atoms. The summed E-state index contributed by atoms with van der Waals surface area (Å²) in [4.78, 5) is 20.6. The van der Waals surface area contributed by atoms with Crippen LogP contribution in [0.5, 0.6) is 0 Å². The molecule has 0 saturated carbocycles. The molecule has 5 heteroatoms. The number of allylic oxidation sites excluding steroid dienone is 8. The van der Waals surface area contributed by atoms with Gasteiger partial charge >= 0.3 is 11.9 Å². The Morgan fingerprint density at radius 2 is 0.683 bits per heavy atom. The van der Waals surface area contributed by atoms with Gasteiger partial charge in [0.1, 0.15) is 0 Å². The minimum Gasteiger partial charge on any atom is -0.481 e. The summed E-state index contributed by atoms with van der Waals surface area (Å²) in [5.41, 5.74) is 0. The maximum atomic E-state index is 10.3. The van der Waals surface area contributed by atoms with E-state index in [2.05, 4.69) is 62.5 Å². The Balaban J connectivity index is -0.000000688. The van der Waals surface area contributed by atoms with Crippen LogP contribution in [0.25, 0.3) is 0 Å². The standard InChI is InChI=1S/2C18H32O2.Mn/c2*1-2-3-4-5-6-7-8-9-10-11-12-13-14-15-16-17-18(19)20;/h2*6-7,9-10H,2-5,8,11-17H2,1H3,(H,19,20);/b2*7-6-,10-9-;. The van der Waals surface area contributed by atoms with Crippen LogP contribution >= 0.6 is 0 Å². The quantitative estimate of drug-likeness (QED) is 0.0521. The summed E-state index contributed by atoms with van der Waals surface area (Å²) >= 11 is 0. The third kappa shape index (κ3) is 48.5. The molecule has 0 bridgehead atoms. The molecule has 0 saturated heterocycles. The van der Waals surface area contributed by atoms with Crippen molar-refractivity contribution in [3.05, 3.63) is 48.6 Å². The Morgan fingerprint density at radius 3 is 0.976 bits per heavy atom. The van der Waals surface area contributed by atoms with Gasteiger partial charge in [-0.15, -0.1) is 0 Å². The van der Waals surface area contributed by atoms with Crippen molar-refractivity contribution in [2.45, 2.75) is 168 Å². The Bertz CT molecular complexity index is 596. The zero-order valence-corrected chi connectivity index (χ0v) is 27.9. The number of hydrogen-bond donors (Lipinski definition) is 2. The molecule has 0 aromatic heterocycles. The third-order valence-electron chi connectivity index (χ3n) is 6.68. The van der Waals surface area contributed by atoms with Crippen molar-refractivity contribution in [3.8, 4) is 0 Å². The van der Waals surface area contributed by atoms with Crippen molar-refractivity contribution >= 4 is 11.9 Å². The number of unbranched alkanes of at least 4 members (excludes halogenated alkanes) is 16. The number of carboxylic acid groups (broad SMARTS) is 2. The van der Waals surface area contributed by atoms with Gasteiger partial charge in [0.05, 0.1) is 0 Å². The summed E-state index contributed by atoms with van der Waals surface area (Å²) in [6.45, 7) is 4.47. The number of rotatable bonds is 28.